The molecule has 15 heavy (non-hydrogen) atoms. The largest absolute Gasteiger partial charge is 0.379 e. The van der Waals surface area contributed by atoms with Gasteiger partial charge in [-0.3, -0.25) is 0 Å². The zero-order valence-corrected chi connectivity index (χ0v) is 8.95. The summed E-state index contributed by atoms with van der Waals surface area (Å²) in [5.41, 5.74) is 2.60. The molecule has 78 valence electrons. The summed E-state index contributed by atoms with van der Waals surface area (Å²) in [4.78, 5) is 0. The smallest absolute Gasteiger partial charge is 0.127 e. The van der Waals surface area contributed by atoms with Crippen LogP contribution in [0.2, 0.25) is 5.02 Å². The highest BCUT2D eigenvalue weighted by Gasteiger charge is 2.03. The van der Waals surface area contributed by atoms with Gasteiger partial charge < -0.3 is 5.32 Å². The van der Waals surface area contributed by atoms with E-state index in [9.17, 15) is 0 Å². The molecule has 0 bridgehead atoms. The molecule has 0 atom stereocenters. The monoisotopic (exact) mass is 223 g/mol. The lowest BCUT2D eigenvalue weighted by Crippen LogP contribution is -2.00. The van der Waals surface area contributed by atoms with Crippen LogP contribution in [0.1, 0.15) is 11.4 Å². The van der Waals surface area contributed by atoms with E-state index in [-0.39, 0.29) is 0 Å². The van der Waals surface area contributed by atoms with Crippen LogP contribution in [0.25, 0.3) is 0 Å². The van der Waals surface area contributed by atoms with Gasteiger partial charge in [-0.05, 0) is 31.2 Å². The molecule has 5 heteroatoms. The molecule has 2 aromatic rings. The summed E-state index contributed by atoms with van der Waals surface area (Å²) in [7, 11) is 0. The fourth-order valence-corrected chi connectivity index (χ4v) is 1.29. The van der Waals surface area contributed by atoms with Crippen molar-refractivity contribution in [2.24, 2.45) is 0 Å². The fourth-order valence-electron chi connectivity index (χ4n) is 1.16. The van der Waals surface area contributed by atoms with Crippen LogP contribution in [0, 0.1) is 6.92 Å². The Balaban J connectivity index is 1.99. The van der Waals surface area contributed by atoms with E-state index in [1.807, 2.05) is 31.2 Å². The van der Waals surface area contributed by atoms with Crippen molar-refractivity contribution >= 4 is 17.3 Å². The van der Waals surface area contributed by atoms with Gasteiger partial charge in [0.1, 0.15) is 11.4 Å². The molecular formula is C10H10ClN3O. The Morgan fingerprint density at radius 1 is 1.27 bits per heavy atom. The average Bonchev–Trinajstić information content (AvgIpc) is 2.63. The van der Waals surface area contributed by atoms with Crippen LogP contribution in [0.5, 0.6) is 0 Å². The van der Waals surface area contributed by atoms with Gasteiger partial charge in [0.15, 0.2) is 0 Å². The van der Waals surface area contributed by atoms with Gasteiger partial charge in [0.05, 0.1) is 6.54 Å². The first kappa shape index (κ1) is 9.98. The lowest BCUT2D eigenvalue weighted by molar-refractivity contribution is 0.301. The topological polar surface area (TPSA) is 51.0 Å². The molecule has 0 aliphatic heterocycles. The van der Waals surface area contributed by atoms with Gasteiger partial charge in [0, 0.05) is 10.7 Å². The average molecular weight is 224 g/mol. The Morgan fingerprint density at radius 2 is 2.00 bits per heavy atom. The van der Waals surface area contributed by atoms with E-state index in [1.54, 1.807) is 0 Å². The highest BCUT2D eigenvalue weighted by Crippen LogP contribution is 2.14. The summed E-state index contributed by atoms with van der Waals surface area (Å²) in [6.45, 7) is 2.45. The fraction of sp³-hybridized carbons (Fsp3) is 0.200. The zero-order chi connectivity index (χ0) is 10.7. The Labute approximate surface area is 92.2 Å². The van der Waals surface area contributed by atoms with Crippen molar-refractivity contribution in [3.05, 3.63) is 40.7 Å². The molecule has 2 rings (SSSR count). The number of nitrogens with zero attached hydrogens (tertiary/aromatic N) is 2. The maximum absolute atomic E-state index is 5.77. The van der Waals surface area contributed by atoms with Gasteiger partial charge in [-0.1, -0.05) is 21.9 Å². The molecule has 0 fully saturated rings. The summed E-state index contributed by atoms with van der Waals surface area (Å²) in [6, 6.07) is 7.48. The van der Waals surface area contributed by atoms with Crippen molar-refractivity contribution in [1.82, 2.24) is 10.3 Å². The molecule has 1 aromatic carbocycles. The van der Waals surface area contributed by atoms with E-state index < -0.39 is 0 Å². The number of benzene rings is 1. The molecule has 0 aliphatic rings. The summed E-state index contributed by atoms with van der Waals surface area (Å²) in [5, 5.41) is 11.4. The van der Waals surface area contributed by atoms with Crippen molar-refractivity contribution in [2.75, 3.05) is 5.32 Å². The minimum atomic E-state index is 0.594. The van der Waals surface area contributed by atoms with Crippen LogP contribution in [-0.2, 0) is 6.54 Å². The van der Waals surface area contributed by atoms with Crippen LogP contribution in [0.15, 0.2) is 28.9 Å². The van der Waals surface area contributed by atoms with E-state index >= 15 is 0 Å². The Kier molecular flexibility index (Phi) is 2.87. The van der Waals surface area contributed by atoms with Gasteiger partial charge >= 0.3 is 0 Å². The number of aryl methyl sites for hydroxylation is 1. The number of anilines is 1. The summed E-state index contributed by atoms with van der Waals surface area (Å²) >= 11 is 5.77. The lowest BCUT2D eigenvalue weighted by Gasteiger charge is -2.03. The minimum Gasteiger partial charge on any atom is -0.379 e. The first-order chi connectivity index (χ1) is 7.25. The predicted octanol–water partition coefficient (Wildman–Crippen LogP) is 2.64. The molecule has 1 N–H and O–H groups in total. The van der Waals surface area contributed by atoms with E-state index in [0.29, 0.717) is 6.54 Å². The van der Waals surface area contributed by atoms with E-state index in [0.717, 1.165) is 22.1 Å². The van der Waals surface area contributed by atoms with Gasteiger partial charge in [0.25, 0.3) is 0 Å². The standard InChI is InChI=1S/C10H10ClN3O/c1-7-10(14-15-13-7)6-12-9-4-2-8(11)3-5-9/h2-5,12H,6H2,1H3. The summed E-state index contributed by atoms with van der Waals surface area (Å²) < 4.78 is 4.59. The summed E-state index contributed by atoms with van der Waals surface area (Å²) in [5.74, 6) is 0. The van der Waals surface area contributed by atoms with Crippen molar-refractivity contribution in [3.8, 4) is 0 Å². The second kappa shape index (κ2) is 4.31. The van der Waals surface area contributed by atoms with Crippen LogP contribution < -0.4 is 5.32 Å². The minimum absolute atomic E-state index is 0.594. The zero-order valence-electron chi connectivity index (χ0n) is 8.20. The second-order valence-electron chi connectivity index (χ2n) is 3.16. The highest BCUT2D eigenvalue weighted by molar-refractivity contribution is 6.30. The van der Waals surface area contributed by atoms with Crippen LogP contribution in [-0.4, -0.2) is 10.3 Å². The van der Waals surface area contributed by atoms with E-state index in [4.69, 9.17) is 11.6 Å². The van der Waals surface area contributed by atoms with Crippen molar-refractivity contribution in [2.45, 2.75) is 13.5 Å². The maximum atomic E-state index is 5.77. The van der Waals surface area contributed by atoms with Gasteiger partial charge in [-0.25, -0.2) is 4.63 Å². The Bertz CT molecular complexity index is 438. The van der Waals surface area contributed by atoms with Crippen molar-refractivity contribution in [3.63, 3.8) is 0 Å². The van der Waals surface area contributed by atoms with Crippen molar-refractivity contribution in [1.29, 1.82) is 0 Å². The van der Waals surface area contributed by atoms with Gasteiger partial charge in [0.2, 0.25) is 0 Å². The third-order valence-corrected chi connectivity index (χ3v) is 2.30. The molecule has 1 heterocycles. The number of halogens is 1. The third kappa shape index (κ3) is 2.47. The highest BCUT2D eigenvalue weighted by atomic mass is 35.5. The number of nitrogens with one attached hydrogen (secondary N) is 1. The molecule has 0 aliphatic carbocycles. The maximum Gasteiger partial charge on any atom is 0.127 e. The predicted molar refractivity (Wildman–Crippen MR) is 57.8 cm³/mol. The first-order valence-corrected chi connectivity index (χ1v) is 4.91. The normalized spacial score (nSPS) is 10.3. The Morgan fingerprint density at radius 3 is 2.60 bits per heavy atom. The molecule has 4 nitrogen and oxygen atoms in total. The van der Waals surface area contributed by atoms with Crippen LogP contribution in [0.4, 0.5) is 5.69 Å². The van der Waals surface area contributed by atoms with E-state index in [1.165, 1.54) is 0 Å². The Hall–Kier alpha value is -1.55. The van der Waals surface area contributed by atoms with Crippen LogP contribution >= 0.6 is 11.6 Å². The van der Waals surface area contributed by atoms with Crippen LogP contribution in [0.3, 0.4) is 0 Å². The molecule has 0 amide bonds. The molecule has 0 saturated carbocycles. The first-order valence-electron chi connectivity index (χ1n) is 4.53. The second-order valence-corrected chi connectivity index (χ2v) is 3.59. The number of hydrogen-bond donors (Lipinski definition) is 1. The molecule has 0 radical (unpaired) electrons. The quantitative estimate of drug-likeness (QED) is 0.869. The lowest BCUT2D eigenvalue weighted by atomic mass is 10.3. The molecule has 0 spiro atoms. The van der Waals surface area contributed by atoms with E-state index in [2.05, 4.69) is 20.3 Å². The number of hydrogen-bond acceptors (Lipinski definition) is 4. The SMILES string of the molecule is Cc1nonc1CNc1ccc(Cl)cc1. The third-order valence-electron chi connectivity index (χ3n) is 2.05. The molecule has 0 saturated heterocycles. The number of aromatic nitrogens is 2. The molecule has 1 aromatic heterocycles. The van der Waals surface area contributed by atoms with Gasteiger partial charge in [-0.15, -0.1) is 0 Å². The molecule has 0 unspecified atom stereocenters. The summed E-state index contributed by atoms with van der Waals surface area (Å²) in [6.07, 6.45) is 0. The molecular weight excluding hydrogens is 214 g/mol. The van der Waals surface area contributed by atoms with Crippen molar-refractivity contribution < 1.29 is 4.63 Å². The number of rotatable bonds is 3. The van der Waals surface area contributed by atoms with Gasteiger partial charge in [-0.2, -0.15) is 0 Å².